The summed E-state index contributed by atoms with van der Waals surface area (Å²) in [7, 11) is 0. The Morgan fingerprint density at radius 1 is 1.22 bits per heavy atom. The maximum Gasteiger partial charge on any atom is 0.323 e. The molecule has 0 fully saturated rings. The number of amides is 2. The second kappa shape index (κ2) is 6.21. The van der Waals surface area contributed by atoms with Gasteiger partial charge in [-0.1, -0.05) is 30.3 Å². The Bertz CT molecular complexity index is 417. The molecular formula is C14H18N2O2. The van der Waals surface area contributed by atoms with Crippen molar-refractivity contribution in [3.8, 4) is 0 Å². The Morgan fingerprint density at radius 2 is 2.00 bits per heavy atom. The summed E-state index contributed by atoms with van der Waals surface area (Å²) in [4.78, 5) is 13.1. The van der Waals surface area contributed by atoms with Gasteiger partial charge < -0.3 is 15.3 Å². The molecule has 0 bridgehead atoms. The highest BCUT2D eigenvalue weighted by molar-refractivity contribution is 5.76. The van der Waals surface area contributed by atoms with E-state index in [0.717, 1.165) is 19.3 Å². The third-order valence-electron chi connectivity index (χ3n) is 2.94. The van der Waals surface area contributed by atoms with Crippen LogP contribution in [0.25, 0.3) is 0 Å². The Labute approximate surface area is 107 Å². The zero-order valence-electron chi connectivity index (χ0n) is 10.2. The summed E-state index contributed by atoms with van der Waals surface area (Å²) >= 11 is 0. The van der Waals surface area contributed by atoms with E-state index in [1.807, 2.05) is 18.2 Å². The second-order valence-electron chi connectivity index (χ2n) is 4.37. The van der Waals surface area contributed by atoms with Crippen LogP contribution in [0, 0.1) is 0 Å². The third-order valence-corrected chi connectivity index (χ3v) is 2.94. The largest absolute Gasteiger partial charge is 0.370 e. The molecule has 0 aromatic heterocycles. The van der Waals surface area contributed by atoms with E-state index in [0.29, 0.717) is 6.54 Å². The van der Waals surface area contributed by atoms with Gasteiger partial charge in [0.15, 0.2) is 0 Å². The summed E-state index contributed by atoms with van der Waals surface area (Å²) in [5.41, 5.74) is 1.33. The molecule has 1 aliphatic heterocycles. The number of aryl methyl sites for hydroxylation is 1. The summed E-state index contributed by atoms with van der Waals surface area (Å²) in [5.74, 6) is 0. The monoisotopic (exact) mass is 246 g/mol. The predicted octanol–water partition coefficient (Wildman–Crippen LogP) is 1.87. The molecule has 18 heavy (non-hydrogen) atoms. The molecule has 4 nitrogen and oxygen atoms in total. The Morgan fingerprint density at radius 3 is 2.72 bits per heavy atom. The van der Waals surface area contributed by atoms with E-state index >= 15 is 0 Å². The van der Waals surface area contributed by atoms with Gasteiger partial charge >= 0.3 is 6.03 Å². The molecule has 1 atom stereocenters. The highest BCUT2D eigenvalue weighted by Gasteiger charge is 2.17. The lowest BCUT2D eigenvalue weighted by molar-refractivity contribution is 0.152. The number of aliphatic hydroxyl groups excluding tert-OH is 1. The maximum absolute atomic E-state index is 11.5. The van der Waals surface area contributed by atoms with Gasteiger partial charge in [0.1, 0.15) is 6.23 Å². The molecule has 1 heterocycles. The summed E-state index contributed by atoms with van der Waals surface area (Å²) in [6, 6.07) is 10.1. The van der Waals surface area contributed by atoms with Crippen molar-refractivity contribution in [2.24, 2.45) is 0 Å². The van der Waals surface area contributed by atoms with Crippen molar-refractivity contribution in [3.63, 3.8) is 0 Å². The highest BCUT2D eigenvalue weighted by Crippen LogP contribution is 2.07. The van der Waals surface area contributed by atoms with Gasteiger partial charge in [-0.05, 0) is 30.9 Å². The van der Waals surface area contributed by atoms with Crippen molar-refractivity contribution in [1.82, 2.24) is 10.2 Å². The van der Waals surface area contributed by atoms with Gasteiger partial charge in [-0.3, -0.25) is 0 Å². The quantitative estimate of drug-likeness (QED) is 0.779. The number of nitrogens with one attached hydrogen (secondary N) is 1. The average Bonchev–Trinajstić information content (AvgIpc) is 2.38. The van der Waals surface area contributed by atoms with E-state index in [9.17, 15) is 9.90 Å². The summed E-state index contributed by atoms with van der Waals surface area (Å²) in [5, 5.41) is 11.6. The van der Waals surface area contributed by atoms with Crippen LogP contribution in [0.15, 0.2) is 42.6 Å². The molecule has 2 N–H and O–H groups in total. The van der Waals surface area contributed by atoms with Gasteiger partial charge in [0.2, 0.25) is 0 Å². The summed E-state index contributed by atoms with van der Waals surface area (Å²) < 4.78 is 0. The van der Waals surface area contributed by atoms with E-state index in [-0.39, 0.29) is 6.03 Å². The van der Waals surface area contributed by atoms with Crippen LogP contribution >= 0.6 is 0 Å². The number of rotatable bonds is 5. The number of benzene rings is 1. The van der Waals surface area contributed by atoms with E-state index in [1.165, 1.54) is 5.56 Å². The Hall–Kier alpha value is -1.81. The van der Waals surface area contributed by atoms with Crippen molar-refractivity contribution in [2.45, 2.75) is 25.5 Å². The zero-order chi connectivity index (χ0) is 12.8. The van der Waals surface area contributed by atoms with Crippen LogP contribution in [0.2, 0.25) is 0 Å². The standard InChI is InChI=1S/C14H18N2O2/c17-13-9-11-16(14(18)15-13)10-5-4-8-12-6-2-1-3-7-12/h1-3,6-7,9,11,13,17H,4-5,8,10H2,(H,15,18). The Balaban J connectivity index is 1.70. The number of carbonyl (C=O) groups excluding carboxylic acids is 1. The van der Waals surface area contributed by atoms with Crippen LogP contribution < -0.4 is 5.32 Å². The number of aliphatic hydroxyl groups is 1. The molecule has 2 rings (SSSR count). The smallest absolute Gasteiger partial charge is 0.323 e. The molecule has 4 heteroatoms. The van der Waals surface area contributed by atoms with Crippen LogP contribution in [0.3, 0.4) is 0 Å². The minimum atomic E-state index is -0.849. The number of nitrogens with zero attached hydrogens (tertiary/aromatic N) is 1. The van der Waals surface area contributed by atoms with Gasteiger partial charge in [-0.2, -0.15) is 0 Å². The van der Waals surface area contributed by atoms with E-state index in [4.69, 9.17) is 0 Å². The molecule has 0 saturated heterocycles. The molecule has 1 aromatic rings. The minimum Gasteiger partial charge on any atom is -0.370 e. The first-order valence-corrected chi connectivity index (χ1v) is 6.23. The van der Waals surface area contributed by atoms with Crippen LogP contribution in [0.5, 0.6) is 0 Å². The van der Waals surface area contributed by atoms with Crippen molar-refractivity contribution in [1.29, 1.82) is 0 Å². The van der Waals surface area contributed by atoms with E-state index in [1.54, 1.807) is 17.2 Å². The van der Waals surface area contributed by atoms with Crippen LogP contribution in [0.1, 0.15) is 18.4 Å². The fraction of sp³-hybridized carbons (Fsp3) is 0.357. The number of hydrogen-bond acceptors (Lipinski definition) is 2. The second-order valence-corrected chi connectivity index (χ2v) is 4.37. The van der Waals surface area contributed by atoms with E-state index < -0.39 is 6.23 Å². The SMILES string of the molecule is O=C1NC(O)C=CN1CCCCc1ccccc1. The first-order valence-electron chi connectivity index (χ1n) is 6.23. The van der Waals surface area contributed by atoms with Crippen molar-refractivity contribution in [3.05, 3.63) is 48.2 Å². The van der Waals surface area contributed by atoms with Crippen LogP contribution in [0.4, 0.5) is 4.79 Å². The number of carbonyl (C=O) groups is 1. The van der Waals surface area contributed by atoms with Crippen molar-refractivity contribution in [2.75, 3.05) is 6.54 Å². The highest BCUT2D eigenvalue weighted by atomic mass is 16.3. The molecule has 1 unspecified atom stereocenters. The molecule has 0 radical (unpaired) electrons. The zero-order valence-corrected chi connectivity index (χ0v) is 10.2. The molecule has 96 valence electrons. The topological polar surface area (TPSA) is 52.6 Å². The van der Waals surface area contributed by atoms with Crippen molar-refractivity contribution >= 4 is 6.03 Å². The maximum atomic E-state index is 11.5. The fourth-order valence-corrected chi connectivity index (χ4v) is 1.94. The van der Waals surface area contributed by atoms with Gasteiger partial charge in [0.05, 0.1) is 0 Å². The third kappa shape index (κ3) is 3.60. The lowest BCUT2D eigenvalue weighted by Crippen LogP contribution is -2.45. The van der Waals surface area contributed by atoms with Crippen LogP contribution in [-0.2, 0) is 6.42 Å². The minimum absolute atomic E-state index is 0.232. The first-order chi connectivity index (χ1) is 8.75. The van der Waals surface area contributed by atoms with E-state index in [2.05, 4.69) is 17.4 Å². The average molecular weight is 246 g/mol. The number of unbranched alkanes of at least 4 members (excludes halogenated alkanes) is 1. The number of urea groups is 1. The number of hydrogen-bond donors (Lipinski definition) is 2. The molecule has 0 saturated carbocycles. The molecule has 2 amide bonds. The summed E-state index contributed by atoms with van der Waals surface area (Å²) in [6.45, 7) is 0.682. The first kappa shape index (κ1) is 12.6. The molecule has 1 aromatic carbocycles. The Kier molecular flexibility index (Phi) is 4.36. The molecule has 0 spiro atoms. The van der Waals surface area contributed by atoms with Gasteiger partial charge in [-0.25, -0.2) is 4.79 Å². The molecule has 1 aliphatic rings. The van der Waals surface area contributed by atoms with Gasteiger partial charge in [-0.15, -0.1) is 0 Å². The fourth-order valence-electron chi connectivity index (χ4n) is 1.94. The molecular weight excluding hydrogens is 228 g/mol. The van der Waals surface area contributed by atoms with Gasteiger partial charge in [0, 0.05) is 12.7 Å². The lowest BCUT2D eigenvalue weighted by atomic mass is 10.1. The predicted molar refractivity (Wildman–Crippen MR) is 69.8 cm³/mol. The normalized spacial score (nSPS) is 18.8. The van der Waals surface area contributed by atoms with Gasteiger partial charge in [0.25, 0.3) is 0 Å². The lowest BCUT2D eigenvalue weighted by Gasteiger charge is -2.24. The molecule has 0 aliphatic carbocycles. The van der Waals surface area contributed by atoms with Crippen molar-refractivity contribution < 1.29 is 9.90 Å². The summed E-state index contributed by atoms with van der Waals surface area (Å²) in [6.07, 6.45) is 5.39. The van der Waals surface area contributed by atoms with Crippen LogP contribution in [-0.4, -0.2) is 28.8 Å².